The molecule has 1 aliphatic rings. The van der Waals surface area contributed by atoms with Gasteiger partial charge in [-0.25, -0.2) is 4.98 Å². The van der Waals surface area contributed by atoms with E-state index in [0.29, 0.717) is 34.4 Å². The second-order valence-corrected chi connectivity index (χ2v) is 9.71. The minimum absolute atomic E-state index is 0.175. The first-order valence-corrected chi connectivity index (χ1v) is 11.7. The molecule has 0 saturated carbocycles. The number of carbonyl (C=O) groups is 2. The molecule has 1 saturated heterocycles. The molecule has 1 aromatic carbocycles. The Morgan fingerprint density at radius 1 is 1.19 bits per heavy atom. The van der Waals surface area contributed by atoms with Crippen molar-refractivity contribution < 1.29 is 9.59 Å². The summed E-state index contributed by atoms with van der Waals surface area (Å²) in [7, 11) is 3.95. The molecule has 1 aromatic heterocycles. The van der Waals surface area contributed by atoms with E-state index in [1.807, 2.05) is 23.9 Å². The lowest BCUT2D eigenvalue weighted by Gasteiger charge is -2.34. The molecule has 2 amide bonds. The van der Waals surface area contributed by atoms with Crippen LogP contribution in [-0.4, -0.2) is 78.3 Å². The van der Waals surface area contributed by atoms with Gasteiger partial charge in [0.2, 0.25) is 5.91 Å². The van der Waals surface area contributed by atoms with Crippen molar-refractivity contribution in [3.63, 3.8) is 0 Å². The fourth-order valence-corrected chi connectivity index (χ4v) is 4.59. The molecule has 0 aliphatic carbocycles. The van der Waals surface area contributed by atoms with Crippen LogP contribution < -0.4 is 5.32 Å². The molecule has 0 bridgehead atoms. The van der Waals surface area contributed by atoms with Gasteiger partial charge in [0, 0.05) is 55.7 Å². The highest BCUT2D eigenvalue weighted by atomic mass is 35.5. The highest BCUT2D eigenvalue weighted by Gasteiger charge is 2.22. The van der Waals surface area contributed by atoms with E-state index in [-0.39, 0.29) is 11.8 Å². The number of carbonyl (C=O) groups excluding carboxylic acids is 2. The predicted molar refractivity (Wildman–Crippen MR) is 125 cm³/mol. The molecule has 2 heterocycles. The molecule has 3 rings (SSSR count). The second-order valence-electron chi connectivity index (χ2n) is 7.75. The van der Waals surface area contributed by atoms with E-state index in [2.05, 4.69) is 15.2 Å². The van der Waals surface area contributed by atoms with Gasteiger partial charge in [0.1, 0.15) is 9.88 Å². The van der Waals surface area contributed by atoms with Gasteiger partial charge in [0.05, 0.1) is 12.7 Å². The van der Waals surface area contributed by atoms with Crippen molar-refractivity contribution in [1.82, 2.24) is 25.0 Å². The molecule has 0 radical (unpaired) electrons. The van der Waals surface area contributed by atoms with Gasteiger partial charge >= 0.3 is 0 Å². The number of nitrogens with one attached hydrogen (secondary N) is 1. The first-order chi connectivity index (χ1) is 14.8. The van der Waals surface area contributed by atoms with E-state index in [0.717, 1.165) is 43.3 Å². The third-order valence-electron chi connectivity index (χ3n) is 5.09. The van der Waals surface area contributed by atoms with Crippen LogP contribution in [-0.2, 0) is 17.9 Å². The number of aromatic nitrogens is 1. The SMILES string of the molecule is CN(C)CCC(=O)N1CCN(Cc2ncc(C(=O)NCc3ccc(Cl)cc3Cl)s2)CC1. The number of thiazole rings is 1. The van der Waals surface area contributed by atoms with Crippen molar-refractivity contribution in [3.05, 3.63) is 49.9 Å². The molecule has 2 aromatic rings. The Bertz CT molecular complexity index is 913. The van der Waals surface area contributed by atoms with Crippen LogP contribution in [0.25, 0.3) is 0 Å². The Labute approximate surface area is 196 Å². The van der Waals surface area contributed by atoms with Crippen LogP contribution in [0.5, 0.6) is 0 Å². The molecule has 1 fully saturated rings. The predicted octanol–water partition coefficient (Wildman–Crippen LogP) is 2.98. The Balaban J connectivity index is 1.44. The molecule has 168 valence electrons. The van der Waals surface area contributed by atoms with Crippen LogP contribution >= 0.6 is 34.5 Å². The standard InChI is InChI=1S/C21H27Cl2N5O2S/c1-26(2)6-5-20(29)28-9-7-27(8-10-28)14-19-24-13-18(31-19)21(30)25-12-15-3-4-16(22)11-17(15)23/h3-4,11,13H,5-10,12,14H2,1-2H3,(H,25,30). The zero-order valence-corrected chi connectivity index (χ0v) is 20.1. The maximum atomic E-state index is 12.5. The van der Waals surface area contributed by atoms with Crippen molar-refractivity contribution in [3.8, 4) is 0 Å². The van der Waals surface area contributed by atoms with Crippen LogP contribution in [0.3, 0.4) is 0 Å². The summed E-state index contributed by atoms with van der Waals surface area (Å²) in [6.45, 7) is 4.85. The third kappa shape index (κ3) is 7.15. The van der Waals surface area contributed by atoms with Crippen molar-refractivity contribution in [2.24, 2.45) is 0 Å². The van der Waals surface area contributed by atoms with E-state index in [1.54, 1.807) is 24.4 Å². The zero-order valence-electron chi connectivity index (χ0n) is 17.7. The average Bonchev–Trinajstić information content (AvgIpc) is 3.20. The molecular formula is C21H27Cl2N5O2S. The Morgan fingerprint density at radius 3 is 2.61 bits per heavy atom. The van der Waals surface area contributed by atoms with E-state index in [1.165, 1.54) is 11.3 Å². The smallest absolute Gasteiger partial charge is 0.263 e. The van der Waals surface area contributed by atoms with Gasteiger partial charge in [-0.2, -0.15) is 0 Å². The van der Waals surface area contributed by atoms with Crippen molar-refractivity contribution in [2.75, 3.05) is 46.8 Å². The lowest BCUT2D eigenvalue weighted by molar-refractivity contribution is -0.133. The summed E-state index contributed by atoms with van der Waals surface area (Å²) < 4.78 is 0. The maximum Gasteiger partial charge on any atom is 0.263 e. The summed E-state index contributed by atoms with van der Waals surface area (Å²) >= 11 is 13.4. The van der Waals surface area contributed by atoms with E-state index in [9.17, 15) is 9.59 Å². The fraction of sp³-hybridized carbons (Fsp3) is 0.476. The molecule has 0 atom stereocenters. The van der Waals surface area contributed by atoms with Crippen molar-refractivity contribution >= 4 is 46.4 Å². The molecular weight excluding hydrogens is 457 g/mol. The number of hydrogen-bond acceptors (Lipinski definition) is 6. The van der Waals surface area contributed by atoms with Gasteiger partial charge in [-0.3, -0.25) is 14.5 Å². The van der Waals surface area contributed by atoms with Crippen LogP contribution in [0.2, 0.25) is 10.0 Å². The van der Waals surface area contributed by atoms with Gasteiger partial charge in [0.25, 0.3) is 5.91 Å². The number of piperazine rings is 1. The zero-order chi connectivity index (χ0) is 22.4. The number of hydrogen-bond donors (Lipinski definition) is 1. The van der Waals surface area contributed by atoms with Crippen LogP contribution in [0.15, 0.2) is 24.4 Å². The molecule has 31 heavy (non-hydrogen) atoms. The summed E-state index contributed by atoms with van der Waals surface area (Å²) in [6.07, 6.45) is 2.17. The minimum atomic E-state index is -0.175. The maximum absolute atomic E-state index is 12.5. The Kier molecular flexibility index (Phi) is 8.68. The van der Waals surface area contributed by atoms with Crippen LogP contribution in [0.4, 0.5) is 0 Å². The number of benzene rings is 1. The van der Waals surface area contributed by atoms with Gasteiger partial charge in [-0.05, 0) is 31.8 Å². The summed E-state index contributed by atoms with van der Waals surface area (Å²) in [5.74, 6) is 0.0356. The lowest BCUT2D eigenvalue weighted by Crippen LogP contribution is -2.48. The lowest BCUT2D eigenvalue weighted by atomic mass is 10.2. The Morgan fingerprint density at radius 2 is 1.94 bits per heavy atom. The molecule has 7 nitrogen and oxygen atoms in total. The fourth-order valence-electron chi connectivity index (χ4n) is 3.24. The topological polar surface area (TPSA) is 68.8 Å². The van der Waals surface area contributed by atoms with Crippen LogP contribution in [0.1, 0.15) is 26.7 Å². The number of rotatable bonds is 8. The summed E-state index contributed by atoms with van der Waals surface area (Å²) in [5, 5.41) is 4.85. The summed E-state index contributed by atoms with van der Waals surface area (Å²) in [4.78, 5) is 35.9. The molecule has 0 unspecified atom stereocenters. The van der Waals surface area contributed by atoms with E-state index < -0.39 is 0 Å². The first kappa shape index (κ1) is 23.9. The average molecular weight is 484 g/mol. The monoisotopic (exact) mass is 483 g/mol. The van der Waals surface area contributed by atoms with E-state index in [4.69, 9.17) is 23.2 Å². The van der Waals surface area contributed by atoms with Gasteiger partial charge < -0.3 is 15.1 Å². The van der Waals surface area contributed by atoms with Gasteiger partial charge in [0.15, 0.2) is 0 Å². The normalized spacial score (nSPS) is 14.8. The van der Waals surface area contributed by atoms with Gasteiger partial charge in [-0.1, -0.05) is 29.3 Å². The minimum Gasteiger partial charge on any atom is -0.347 e. The first-order valence-electron chi connectivity index (χ1n) is 10.1. The second kappa shape index (κ2) is 11.2. The number of amides is 2. The molecule has 0 spiro atoms. The Hall–Kier alpha value is -1.71. The van der Waals surface area contributed by atoms with Crippen LogP contribution in [0, 0.1) is 0 Å². The highest BCUT2D eigenvalue weighted by molar-refractivity contribution is 7.13. The number of nitrogens with zero attached hydrogens (tertiary/aromatic N) is 4. The van der Waals surface area contributed by atoms with Gasteiger partial charge in [-0.15, -0.1) is 11.3 Å². The highest BCUT2D eigenvalue weighted by Crippen LogP contribution is 2.21. The third-order valence-corrected chi connectivity index (χ3v) is 6.66. The molecule has 10 heteroatoms. The van der Waals surface area contributed by atoms with Crippen molar-refractivity contribution in [1.29, 1.82) is 0 Å². The van der Waals surface area contributed by atoms with Crippen molar-refractivity contribution in [2.45, 2.75) is 19.5 Å². The quantitative estimate of drug-likeness (QED) is 0.624. The molecule has 1 N–H and O–H groups in total. The van der Waals surface area contributed by atoms with E-state index >= 15 is 0 Å². The number of halogens is 2. The summed E-state index contributed by atoms with van der Waals surface area (Å²) in [5.41, 5.74) is 0.808. The molecule has 1 aliphatic heterocycles. The summed E-state index contributed by atoms with van der Waals surface area (Å²) in [6, 6.07) is 5.20. The largest absolute Gasteiger partial charge is 0.347 e.